The molecule has 18 heavy (non-hydrogen) atoms. The standard InChI is InChI=1S/C8H20N.C4H8N2O3/c1-5-9(6-2,7-3)8-4;5-2(4(8)9)1-3(6)7/h5-8H2,1-4H3;2H,1,5H2,(H2,6,7)(H,8,9)/q+1;/p-1/t;2-/m.0/s1. The molecule has 0 rings (SSSR count). The van der Waals surface area contributed by atoms with Crippen LogP contribution >= 0.6 is 0 Å². The third-order valence-electron chi connectivity index (χ3n) is 3.41. The zero-order valence-corrected chi connectivity index (χ0v) is 11.9. The molecule has 1 atom stereocenters. The predicted octanol–water partition coefficient (Wildman–Crippen LogP) is -1.18. The van der Waals surface area contributed by atoms with Gasteiger partial charge in [0.15, 0.2) is 0 Å². The number of hydrogen-bond donors (Lipinski definition) is 2. The van der Waals surface area contributed by atoms with Gasteiger partial charge in [0.25, 0.3) is 0 Å². The molecule has 0 saturated carbocycles. The SMILES string of the molecule is CC[N+](CC)(CC)CC.NC(=O)C[C@H](N)C(=O)[O-]. The molecule has 0 saturated heterocycles. The highest BCUT2D eigenvalue weighted by molar-refractivity contribution is 5.82. The average Bonchev–Trinajstić information content (AvgIpc) is 2.32. The first kappa shape index (κ1) is 19.2. The minimum Gasteiger partial charge on any atom is -0.548 e. The molecule has 1 amide bonds. The molecule has 0 heterocycles. The van der Waals surface area contributed by atoms with E-state index in [0.717, 1.165) is 0 Å². The first-order valence-corrected chi connectivity index (χ1v) is 6.38. The Bertz CT molecular complexity index is 235. The lowest BCUT2D eigenvalue weighted by Gasteiger charge is -2.34. The van der Waals surface area contributed by atoms with Crippen molar-refractivity contribution in [2.24, 2.45) is 11.5 Å². The molecule has 0 aromatic rings. The summed E-state index contributed by atoms with van der Waals surface area (Å²) >= 11 is 0. The summed E-state index contributed by atoms with van der Waals surface area (Å²) in [5, 5.41) is 9.79. The monoisotopic (exact) mass is 261 g/mol. The fourth-order valence-corrected chi connectivity index (χ4v) is 1.64. The molecule has 0 aromatic heterocycles. The molecule has 0 bridgehead atoms. The molecular weight excluding hydrogens is 234 g/mol. The van der Waals surface area contributed by atoms with E-state index in [1.807, 2.05) is 0 Å². The third kappa shape index (κ3) is 8.03. The van der Waals surface area contributed by atoms with E-state index in [-0.39, 0.29) is 6.42 Å². The van der Waals surface area contributed by atoms with Gasteiger partial charge in [-0.25, -0.2) is 0 Å². The Morgan fingerprint density at radius 2 is 1.39 bits per heavy atom. The second-order valence-corrected chi connectivity index (χ2v) is 4.20. The van der Waals surface area contributed by atoms with Gasteiger partial charge in [-0.2, -0.15) is 0 Å². The number of aliphatic carboxylic acids is 1. The molecule has 0 spiro atoms. The lowest BCUT2D eigenvalue weighted by Crippen LogP contribution is -2.47. The van der Waals surface area contributed by atoms with Gasteiger partial charge in [-0.05, 0) is 27.7 Å². The zero-order valence-electron chi connectivity index (χ0n) is 11.9. The quantitative estimate of drug-likeness (QED) is 0.562. The van der Waals surface area contributed by atoms with Crippen LogP contribution < -0.4 is 16.6 Å². The number of carboxylic acid groups (broad SMARTS) is 1. The summed E-state index contributed by atoms with van der Waals surface area (Å²) in [6, 6.07) is -1.28. The van der Waals surface area contributed by atoms with Gasteiger partial charge in [0.05, 0.1) is 38.2 Å². The Labute approximate surface area is 110 Å². The summed E-state index contributed by atoms with van der Waals surface area (Å²) in [7, 11) is 0. The highest BCUT2D eigenvalue weighted by Gasteiger charge is 2.16. The summed E-state index contributed by atoms with van der Waals surface area (Å²) in [5.41, 5.74) is 9.48. The number of rotatable bonds is 7. The Kier molecular flexibility index (Phi) is 10.5. The fourth-order valence-electron chi connectivity index (χ4n) is 1.64. The average molecular weight is 261 g/mol. The number of nitrogens with zero attached hydrogens (tertiary/aromatic N) is 1. The maximum atomic E-state index is 9.97. The highest BCUT2D eigenvalue weighted by Crippen LogP contribution is 2.03. The Balaban J connectivity index is 0. The number of hydrogen-bond acceptors (Lipinski definition) is 4. The normalized spacial score (nSPS) is 12.3. The second-order valence-electron chi connectivity index (χ2n) is 4.20. The van der Waals surface area contributed by atoms with Crippen LogP contribution in [0, 0.1) is 0 Å². The maximum Gasteiger partial charge on any atom is 0.219 e. The van der Waals surface area contributed by atoms with Gasteiger partial charge < -0.3 is 25.9 Å². The van der Waals surface area contributed by atoms with Crippen LogP contribution in [0.3, 0.4) is 0 Å². The summed E-state index contributed by atoms with van der Waals surface area (Å²) in [6.07, 6.45) is -0.373. The predicted molar refractivity (Wildman–Crippen MR) is 69.2 cm³/mol. The molecule has 4 N–H and O–H groups in total. The van der Waals surface area contributed by atoms with Crippen LogP contribution in [-0.2, 0) is 9.59 Å². The van der Waals surface area contributed by atoms with E-state index in [0.29, 0.717) is 0 Å². The van der Waals surface area contributed by atoms with Crippen LogP contribution in [0.25, 0.3) is 0 Å². The Morgan fingerprint density at radius 3 is 1.44 bits per heavy atom. The smallest absolute Gasteiger partial charge is 0.219 e. The number of nitrogens with two attached hydrogens (primary N) is 2. The lowest BCUT2D eigenvalue weighted by atomic mass is 10.2. The summed E-state index contributed by atoms with van der Waals surface area (Å²) in [5.74, 6) is -2.21. The number of carboxylic acids is 1. The minimum atomic E-state index is -1.46. The number of amides is 1. The number of quaternary nitrogens is 1. The number of primary amides is 1. The van der Waals surface area contributed by atoms with Gasteiger partial charge in [-0.3, -0.25) is 4.79 Å². The molecule has 0 aliphatic carbocycles. The van der Waals surface area contributed by atoms with E-state index >= 15 is 0 Å². The van der Waals surface area contributed by atoms with Crippen LogP contribution in [0.1, 0.15) is 34.1 Å². The Morgan fingerprint density at radius 1 is 1.06 bits per heavy atom. The van der Waals surface area contributed by atoms with Gasteiger partial charge in [0, 0.05) is 6.42 Å². The molecule has 0 aliphatic heterocycles. The van der Waals surface area contributed by atoms with E-state index in [1.165, 1.54) is 30.7 Å². The molecule has 0 radical (unpaired) electrons. The topological polar surface area (TPSA) is 109 Å². The largest absolute Gasteiger partial charge is 0.548 e. The van der Waals surface area contributed by atoms with E-state index in [4.69, 9.17) is 5.73 Å². The maximum absolute atomic E-state index is 9.97. The van der Waals surface area contributed by atoms with Gasteiger partial charge in [0.1, 0.15) is 0 Å². The summed E-state index contributed by atoms with van der Waals surface area (Å²) in [6.45, 7) is 14.2. The van der Waals surface area contributed by atoms with Crippen molar-refractivity contribution >= 4 is 11.9 Å². The molecule has 0 aromatic carbocycles. The van der Waals surface area contributed by atoms with Crippen molar-refractivity contribution < 1.29 is 19.2 Å². The van der Waals surface area contributed by atoms with Crippen LogP contribution in [0.2, 0.25) is 0 Å². The number of carbonyl (C=O) groups is 2. The highest BCUT2D eigenvalue weighted by atomic mass is 16.4. The first-order valence-electron chi connectivity index (χ1n) is 6.38. The first-order chi connectivity index (χ1) is 8.28. The van der Waals surface area contributed by atoms with Crippen molar-refractivity contribution in [1.29, 1.82) is 0 Å². The molecule has 0 fully saturated rings. The van der Waals surface area contributed by atoms with Crippen molar-refractivity contribution in [3.8, 4) is 0 Å². The number of carbonyl (C=O) groups excluding carboxylic acids is 2. The molecule has 0 aliphatic rings. The molecular formula is C12H27N3O3. The molecule has 108 valence electrons. The van der Waals surface area contributed by atoms with Crippen LogP contribution in [0.4, 0.5) is 0 Å². The minimum absolute atomic E-state index is 0.373. The van der Waals surface area contributed by atoms with E-state index in [9.17, 15) is 14.7 Å². The van der Waals surface area contributed by atoms with Gasteiger partial charge in [0.2, 0.25) is 5.91 Å². The van der Waals surface area contributed by atoms with Crippen LogP contribution in [-0.4, -0.2) is 48.6 Å². The van der Waals surface area contributed by atoms with Gasteiger partial charge in [-0.1, -0.05) is 0 Å². The van der Waals surface area contributed by atoms with E-state index < -0.39 is 17.9 Å². The molecule has 0 unspecified atom stereocenters. The van der Waals surface area contributed by atoms with Crippen LogP contribution in [0.15, 0.2) is 0 Å². The zero-order chi connectivity index (χ0) is 14.8. The van der Waals surface area contributed by atoms with E-state index in [2.05, 4.69) is 33.4 Å². The van der Waals surface area contributed by atoms with Crippen LogP contribution in [0.5, 0.6) is 0 Å². The van der Waals surface area contributed by atoms with Crippen molar-refractivity contribution in [3.63, 3.8) is 0 Å². The summed E-state index contributed by atoms with van der Waals surface area (Å²) < 4.78 is 1.28. The lowest BCUT2D eigenvalue weighted by molar-refractivity contribution is -0.921. The van der Waals surface area contributed by atoms with Crippen molar-refractivity contribution in [2.75, 3.05) is 26.2 Å². The molecule has 6 heteroatoms. The van der Waals surface area contributed by atoms with Crippen molar-refractivity contribution in [2.45, 2.75) is 40.2 Å². The second kappa shape index (κ2) is 9.85. The third-order valence-corrected chi connectivity index (χ3v) is 3.41. The fraction of sp³-hybridized carbons (Fsp3) is 0.833. The van der Waals surface area contributed by atoms with E-state index in [1.54, 1.807) is 0 Å². The van der Waals surface area contributed by atoms with Gasteiger partial charge in [-0.15, -0.1) is 0 Å². The van der Waals surface area contributed by atoms with Gasteiger partial charge >= 0.3 is 0 Å². The van der Waals surface area contributed by atoms with Crippen molar-refractivity contribution in [3.05, 3.63) is 0 Å². The Hall–Kier alpha value is -1.14. The summed E-state index contributed by atoms with van der Waals surface area (Å²) in [4.78, 5) is 19.8. The molecule has 6 nitrogen and oxygen atoms in total. The van der Waals surface area contributed by atoms with Crippen molar-refractivity contribution in [1.82, 2.24) is 0 Å².